The van der Waals surface area contributed by atoms with Gasteiger partial charge in [0.05, 0.1) is 18.6 Å². The number of thiophene rings is 1. The summed E-state index contributed by atoms with van der Waals surface area (Å²) in [5.41, 5.74) is 1.41. The minimum absolute atomic E-state index is 0.0656. The van der Waals surface area contributed by atoms with Crippen LogP contribution in [0.5, 0.6) is 0 Å². The van der Waals surface area contributed by atoms with Crippen molar-refractivity contribution in [3.63, 3.8) is 0 Å². The number of rotatable bonds is 5. The molecule has 3 heterocycles. The molecule has 0 spiro atoms. The summed E-state index contributed by atoms with van der Waals surface area (Å²) in [6.07, 6.45) is 6.67. The molecule has 3 aromatic rings. The maximum atomic E-state index is 12.5. The first-order valence-corrected chi connectivity index (χ1v) is 10.6. The predicted octanol–water partition coefficient (Wildman–Crippen LogP) is 4.16. The van der Waals surface area contributed by atoms with E-state index in [1.54, 1.807) is 35.9 Å². The monoisotopic (exact) mass is 387 g/mol. The lowest BCUT2D eigenvalue weighted by atomic mass is 9.89. The van der Waals surface area contributed by atoms with E-state index < -0.39 is 0 Å². The Kier molecular flexibility index (Phi) is 5.00. The van der Waals surface area contributed by atoms with E-state index in [0.717, 1.165) is 34.4 Å². The third kappa shape index (κ3) is 3.50. The van der Waals surface area contributed by atoms with E-state index in [-0.39, 0.29) is 5.91 Å². The molecule has 0 saturated carbocycles. The standard InChI is InChI=1S/C19H21N3O2S2/c1-12-5-6-14-15(8-12)26-19-17(14)18(20-11-21-19)25-10-16(23)22(2)9-13-4-3-7-24-13/h3-4,7,11-12H,5-6,8-10H2,1-2H3/t12-/m1/s1. The molecule has 4 rings (SSSR count). The zero-order chi connectivity index (χ0) is 18.1. The molecule has 0 fully saturated rings. The average Bonchev–Trinajstić information content (AvgIpc) is 3.26. The van der Waals surface area contributed by atoms with Gasteiger partial charge in [0.1, 0.15) is 21.9 Å². The van der Waals surface area contributed by atoms with E-state index in [4.69, 9.17) is 4.42 Å². The summed E-state index contributed by atoms with van der Waals surface area (Å²) in [5.74, 6) is 1.95. The van der Waals surface area contributed by atoms with Crippen molar-refractivity contribution < 1.29 is 9.21 Å². The number of hydrogen-bond donors (Lipinski definition) is 0. The zero-order valence-corrected chi connectivity index (χ0v) is 16.5. The lowest BCUT2D eigenvalue weighted by molar-refractivity contribution is -0.127. The van der Waals surface area contributed by atoms with E-state index in [1.165, 1.54) is 34.0 Å². The minimum atomic E-state index is 0.0656. The fourth-order valence-corrected chi connectivity index (χ4v) is 5.70. The van der Waals surface area contributed by atoms with Crippen LogP contribution in [0.15, 0.2) is 34.2 Å². The molecule has 0 unspecified atom stereocenters. The molecular formula is C19H21N3O2S2. The van der Waals surface area contributed by atoms with E-state index >= 15 is 0 Å². The summed E-state index contributed by atoms with van der Waals surface area (Å²) in [7, 11) is 1.80. The molecule has 26 heavy (non-hydrogen) atoms. The number of thioether (sulfide) groups is 1. The van der Waals surface area contributed by atoms with Crippen molar-refractivity contribution in [1.82, 2.24) is 14.9 Å². The molecule has 7 heteroatoms. The lowest BCUT2D eigenvalue weighted by Crippen LogP contribution is -2.27. The minimum Gasteiger partial charge on any atom is -0.467 e. The van der Waals surface area contributed by atoms with Crippen molar-refractivity contribution in [2.45, 2.75) is 37.8 Å². The van der Waals surface area contributed by atoms with Gasteiger partial charge in [-0.1, -0.05) is 18.7 Å². The van der Waals surface area contributed by atoms with Crippen LogP contribution in [0.1, 0.15) is 29.5 Å². The number of nitrogens with zero attached hydrogens (tertiary/aromatic N) is 3. The molecule has 0 N–H and O–H groups in total. The van der Waals surface area contributed by atoms with Gasteiger partial charge in [0.2, 0.25) is 5.91 Å². The largest absolute Gasteiger partial charge is 0.467 e. The van der Waals surface area contributed by atoms with Gasteiger partial charge in [0, 0.05) is 17.3 Å². The third-order valence-electron chi connectivity index (χ3n) is 4.79. The van der Waals surface area contributed by atoms with Crippen molar-refractivity contribution in [3.8, 4) is 0 Å². The Labute approximate surface area is 160 Å². The smallest absolute Gasteiger partial charge is 0.233 e. The lowest BCUT2D eigenvalue weighted by Gasteiger charge is -2.18. The van der Waals surface area contributed by atoms with E-state index in [9.17, 15) is 4.79 Å². The summed E-state index contributed by atoms with van der Waals surface area (Å²) in [5, 5.41) is 2.10. The van der Waals surface area contributed by atoms with Crippen molar-refractivity contribution in [3.05, 3.63) is 40.9 Å². The molecule has 3 aromatic heterocycles. The molecule has 1 aliphatic carbocycles. The summed E-state index contributed by atoms with van der Waals surface area (Å²) in [4.78, 5) is 25.6. The van der Waals surface area contributed by atoms with E-state index in [1.807, 2.05) is 12.1 Å². The summed E-state index contributed by atoms with van der Waals surface area (Å²) in [6.45, 7) is 2.79. The van der Waals surface area contributed by atoms with Crippen molar-refractivity contribution in [2.24, 2.45) is 5.92 Å². The van der Waals surface area contributed by atoms with Crippen LogP contribution in [-0.4, -0.2) is 33.6 Å². The number of fused-ring (bicyclic) bond motifs is 3. The number of amides is 1. The highest BCUT2D eigenvalue weighted by molar-refractivity contribution is 8.00. The van der Waals surface area contributed by atoms with Crippen LogP contribution in [-0.2, 0) is 24.2 Å². The Hall–Kier alpha value is -1.86. The highest BCUT2D eigenvalue weighted by atomic mass is 32.2. The summed E-state index contributed by atoms with van der Waals surface area (Å²) < 4.78 is 5.32. The van der Waals surface area contributed by atoms with Crippen LogP contribution in [0.4, 0.5) is 0 Å². The zero-order valence-electron chi connectivity index (χ0n) is 14.9. The van der Waals surface area contributed by atoms with Crippen molar-refractivity contribution in [2.75, 3.05) is 12.8 Å². The molecule has 0 radical (unpaired) electrons. The van der Waals surface area contributed by atoms with Crippen LogP contribution in [0, 0.1) is 5.92 Å². The third-order valence-corrected chi connectivity index (χ3v) is 6.92. The average molecular weight is 388 g/mol. The molecule has 1 amide bonds. The SMILES string of the molecule is C[C@@H]1CCc2c(sc3ncnc(SCC(=O)N(C)Cc4ccco4)c23)C1. The van der Waals surface area contributed by atoms with Crippen LogP contribution < -0.4 is 0 Å². The Balaban J connectivity index is 1.49. The van der Waals surface area contributed by atoms with Gasteiger partial charge in [0.15, 0.2) is 0 Å². The topological polar surface area (TPSA) is 59.2 Å². The number of hydrogen-bond acceptors (Lipinski definition) is 6. The quantitative estimate of drug-likeness (QED) is 0.486. The molecule has 0 aliphatic heterocycles. The first-order valence-electron chi connectivity index (χ1n) is 8.76. The number of carbonyl (C=O) groups is 1. The molecule has 0 aromatic carbocycles. The first-order chi connectivity index (χ1) is 12.6. The molecular weight excluding hydrogens is 366 g/mol. The van der Waals surface area contributed by atoms with E-state index in [0.29, 0.717) is 12.3 Å². The van der Waals surface area contributed by atoms with Gasteiger partial charge < -0.3 is 9.32 Å². The Morgan fingerprint density at radius 2 is 2.35 bits per heavy atom. The molecule has 5 nitrogen and oxygen atoms in total. The van der Waals surface area contributed by atoms with Crippen LogP contribution in [0.25, 0.3) is 10.2 Å². The van der Waals surface area contributed by atoms with Crippen LogP contribution in [0.3, 0.4) is 0 Å². The van der Waals surface area contributed by atoms with Crippen LogP contribution >= 0.6 is 23.1 Å². The highest BCUT2D eigenvalue weighted by Crippen LogP contribution is 2.40. The fourth-order valence-electron chi connectivity index (χ4n) is 3.32. The van der Waals surface area contributed by atoms with Gasteiger partial charge >= 0.3 is 0 Å². The normalized spacial score (nSPS) is 16.6. The Bertz CT molecular complexity index is 920. The molecule has 136 valence electrons. The second kappa shape index (κ2) is 7.40. The molecule has 0 saturated heterocycles. The fraction of sp³-hybridized carbons (Fsp3) is 0.421. The maximum Gasteiger partial charge on any atom is 0.233 e. The number of aryl methyl sites for hydroxylation is 1. The van der Waals surface area contributed by atoms with Crippen molar-refractivity contribution >= 4 is 39.2 Å². The second-order valence-electron chi connectivity index (χ2n) is 6.83. The number of aromatic nitrogens is 2. The molecule has 0 bridgehead atoms. The highest BCUT2D eigenvalue weighted by Gasteiger charge is 2.23. The van der Waals surface area contributed by atoms with Crippen LogP contribution in [0.2, 0.25) is 0 Å². The molecule has 1 aliphatic rings. The first kappa shape index (κ1) is 17.5. The second-order valence-corrected chi connectivity index (χ2v) is 8.88. The molecule has 1 atom stereocenters. The van der Waals surface area contributed by atoms with Gasteiger partial charge in [0.25, 0.3) is 0 Å². The maximum absolute atomic E-state index is 12.5. The van der Waals surface area contributed by atoms with Gasteiger partial charge in [-0.05, 0) is 42.9 Å². The van der Waals surface area contributed by atoms with Gasteiger partial charge in [-0.15, -0.1) is 11.3 Å². The van der Waals surface area contributed by atoms with Gasteiger partial charge in [-0.25, -0.2) is 9.97 Å². The predicted molar refractivity (Wildman–Crippen MR) is 105 cm³/mol. The van der Waals surface area contributed by atoms with Gasteiger partial charge in [-0.2, -0.15) is 0 Å². The van der Waals surface area contributed by atoms with E-state index in [2.05, 4.69) is 16.9 Å². The van der Waals surface area contributed by atoms with Gasteiger partial charge in [-0.3, -0.25) is 4.79 Å². The Morgan fingerprint density at radius 3 is 3.15 bits per heavy atom. The van der Waals surface area contributed by atoms with Crippen molar-refractivity contribution in [1.29, 1.82) is 0 Å². The summed E-state index contributed by atoms with van der Waals surface area (Å²) >= 11 is 3.30. The Morgan fingerprint density at radius 1 is 1.46 bits per heavy atom. The number of furan rings is 1. The summed E-state index contributed by atoms with van der Waals surface area (Å²) in [6, 6.07) is 3.71. The number of carbonyl (C=O) groups excluding carboxylic acids is 1.